The summed E-state index contributed by atoms with van der Waals surface area (Å²) in [5.41, 5.74) is 0. The Morgan fingerprint density at radius 1 is 1.19 bits per heavy atom. The van der Waals surface area contributed by atoms with Crippen molar-refractivity contribution in [3.63, 3.8) is 0 Å². The van der Waals surface area contributed by atoms with Crippen LogP contribution < -0.4 is 10.6 Å². The Kier molecular flexibility index (Phi) is 11.0. The van der Waals surface area contributed by atoms with Crippen molar-refractivity contribution in [3.8, 4) is 0 Å². The van der Waals surface area contributed by atoms with E-state index in [1.165, 1.54) is 19.5 Å². The van der Waals surface area contributed by atoms with Crippen LogP contribution in [0.3, 0.4) is 0 Å². The van der Waals surface area contributed by atoms with Gasteiger partial charge in [-0.2, -0.15) is 0 Å². The summed E-state index contributed by atoms with van der Waals surface area (Å²) in [6.07, 6.45) is 2.33. The van der Waals surface area contributed by atoms with Crippen LogP contribution in [0, 0.1) is 17.8 Å². The summed E-state index contributed by atoms with van der Waals surface area (Å²) in [5, 5.41) is 6.87. The van der Waals surface area contributed by atoms with Crippen LogP contribution in [0.25, 0.3) is 0 Å². The van der Waals surface area contributed by atoms with Crippen molar-refractivity contribution in [2.45, 2.75) is 53.5 Å². The Hall–Kier alpha value is -0.570. The monoisotopic (exact) mass is 493 g/mol. The van der Waals surface area contributed by atoms with Crippen LogP contribution in [-0.2, 0) is 4.79 Å². The van der Waals surface area contributed by atoms with Gasteiger partial charge in [0.2, 0.25) is 5.91 Å². The molecule has 158 valence electrons. The van der Waals surface area contributed by atoms with E-state index in [-0.39, 0.29) is 35.8 Å². The normalized spacial score (nSPS) is 26.8. The zero-order valence-corrected chi connectivity index (χ0v) is 20.2. The molecule has 6 nitrogen and oxygen atoms in total. The number of rotatable bonds is 6. The fourth-order valence-electron chi connectivity index (χ4n) is 4.23. The summed E-state index contributed by atoms with van der Waals surface area (Å²) in [5.74, 6) is 2.79. The molecule has 3 atom stereocenters. The van der Waals surface area contributed by atoms with Crippen LogP contribution in [0.2, 0.25) is 0 Å². The highest BCUT2D eigenvalue weighted by molar-refractivity contribution is 14.0. The Balaban J connectivity index is 0.00000364. The molecule has 3 unspecified atom stereocenters. The highest BCUT2D eigenvalue weighted by atomic mass is 127. The van der Waals surface area contributed by atoms with Gasteiger partial charge >= 0.3 is 0 Å². The third-order valence-electron chi connectivity index (χ3n) is 5.31. The Morgan fingerprint density at radius 3 is 2.44 bits per heavy atom. The molecule has 7 heteroatoms. The molecule has 0 aromatic carbocycles. The zero-order valence-electron chi connectivity index (χ0n) is 17.8. The van der Waals surface area contributed by atoms with Crippen LogP contribution in [-0.4, -0.2) is 73.5 Å². The van der Waals surface area contributed by atoms with Crippen molar-refractivity contribution in [3.05, 3.63) is 0 Å². The topological polar surface area (TPSA) is 60.0 Å². The smallest absolute Gasteiger partial charge is 0.225 e. The maximum Gasteiger partial charge on any atom is 0.225 e. The van der Waals surface area contributed by atoms with Gasteiger partial charge in [-0.3, -0.25) is 9.79 Å². The van der Waals surface area contributed by atoms with Gasteiger partial charge in [0.1, 0.15) is 0 Å². The van der Waals surface area contributed by atoms with E-state index in [9.17, 15) is 4.79 Å². The number of carbonyl (C=O) groups is 1. The molecular formula is C20H40IN5O. The first-order valence-corrected chi connectivity index (χ1v) is 10.4. The van der Waals surface area contributed by atoms with Crippen LogP contribution in [0.15, 0.2) is 4.99 Å². The predicted octanol–water partition coefficient (Wildman–Crippen LogP) is 2.39. The molecule has 2 fully saturated rings. The van der Waals surface area contributed by atoms with Gasteiger partial charge in [-0.25, -0.2) is 0 Å². The van der Waals surface area contributed by atoms with Gasteiger partial charge in [-0.15, -0.1) is 24.0 Å². The summed E-state index contributed by atoms with van der Waals surface area (Å²) < 4.78 is 0. The van der Waals surface area contributed by atoms with E-state index in [4.69, 9.17) is 4.99 Å². The van der Waals surface area contributed by atoms with Crippen molar-refractivity contribution < 1.29 is 4.79 Å². The molecule has 2 aliphatic rings. The molecular weight excluding hydrogens is 453 g/mol. The lowest BCUT2D eigenvalue weighted by molar-refractivity contribution is -0.133. The summed E-state index contributed by atoms with van der Waals surface area (Å²) in [7, 11) is 0. The molecule has 0 bridgehead atoms. The second-order valence-corrected chi connectivity index (χ2v) is 8.54. The van der Waals surface area contributed by atoms with Gasteiger partial charge in [0.25, 0.3) is 0 Å². The van der Waals surface area contributed by atoms with Crippen molar-refractivity contribution in [2.24, 2.45) is 22.7 Å². The van der Waals surface area contributed by atoms with Gasteiger partial charge in [-0.1, -0.05) is 27.7 Å². The molecule has 0 aromatic rings. The molecule has 0 aliphatic carbocycles. The first-order valence-electron chi connectivity index (χ1n) is 10.4. The Bertz CT molecular complexity index is 475. The summed E-state index contributed by atoms with van der Waals surface area (Å²) in [6, 6.07) is 0.297. The number of halogens is 1. The highest BCUT2D eigenvalue weighted by Gasteiger charge is 2.28. The van der Waals surface area contributed by atoms with E-state index in [1.54, 1.807) is 0 Å². The van der Waals surface area contributed by atoms with Crippen LogP contribution >= 0.6 is 24.0 Å². The van der Waals surface area contributed by atoms with E-state index in [0.29, 0.717) is 6.04 Å². The lowest BCUT2D eigenvalue weighted by Gasteiger charge is -2.34. The van der Waals surface area contributed by atoms with Crippen molar-refractivity contribution in [1.29, 1.82) is 0 Å². The van der Waals surface area contributed by atoms with E-state index in [2.05, 4.69) is 36.3 Å². The van der Waals surface area contributed by atoms with E-state index >= 15 is 0 Å². The number of aliphatic imine (C=N–C) groups is 1. The average molecular weight is 493 g/mol. The largest absolute Gasteiger partial charge is 0.357 e. The van der Waals surface area contributed by atoms with E-state index < -0.39 is 0 Å². The molecule has 27 heavy (non-hydrogen) atoms. The number of hydrogen-bond donors (Lipinski definition) is 2. The molecule has 2 N–H and O–H groups in total. The molecule has 0 saturated carbocycles. The summed E-state index contributed by atoms with van der Waals surface area (Å²) in [6.45, 7) is 17.4. The fourth-order valence-corrected chi connectivity index (χ4v) is 4.23. The molecule has 0 radical (unpaired) electrons. The first-order chi connectivity index (χ1) is 12.4. The third kappa shape index (κ3) is 8.13. The van der Waals surface area contributed by atoms with Crippen LogP contribution in [0.1, 0.15) is 47.5 Å². The average Bonchev–Trinajstić information content (AvgIpc) is 3.01. The number of nitrogens with one attached hydrogen (secondary N) is 2. The number of amides is 1. The van der Waals surface area contributed by atoms with Crippen molar-refractivity contribution in [2.75, 3.05) is 45.8 Å². The van der Waals surface area contributed by atoms with E-state index in [0.717, 1.165) is 56.9 Å². The van der Waals surface area contributed by atoms with Crippen LogP contribution in [0.5, 0.6) is 0 Å². The lowest BCUT2D eigenvalue weighted by atomic mass is 9.92. The lowest BCUT2D eigenvalue weighted by Crippen LogP contribution is -2.46. The van der Waals surface area contributed by atoms with Gasteiger partial charge in [0.15, 0.2) is 5.96 Å². The maximum absolute atomic E-state index is 12.1. The number of carbonyl (C=O) groups excluding carboxylic acids is 1. The minimum atomic E-state index is 0. The molecule has 1 amide bonds. The molecule has 2 aliphatic heterocycles. The van der Waals surface area contributed by atoms with Gasteiger partial charge < -0.3 is 20.4 Å². The summed E-state index contributed by atoms with van der Waals surface area (Å²) >= 11 is 0. The number of nitrogens with zero attached hydrogens (tertiary/aromatic N) is 3. The predicted molar refractivity (Wildman–Crippen MR) is 124 cm³/mol. The SMILES string of the molecule is CCNC(=NCCN1CC(C)CC(C)C1)NC1CCN(C(=O)C(C)C)C1.I. The third-order valence-corrected chi connectivity index (χ3v) is 5.31. The zero-order chi connectivity index (χ0) is 19.1. The standard InChI is InChI=1S/C20H39N5O.HI/c1-6-21-20(22-8-10-24-12-16(4)11-17(5)13-24)23-18-7-9-25(14-18)19(26)15(2)3;/h15-18H,6-14H2,1-5H3,(H2,21,22,23);1H. The number of hydrogen-bond acceptors (Lipinski definition) is 3. The number of likely N-dealkylation sites (tertiary alicyclic amines) is 2. The second kappa shape index (κ2) is 12.1. The first kappa shape index (κ1) is 24.5. The highest BCUT2D eigenvalue weighted by Crippen LogP contribution is 2.20. The van der Waals surface area contributed by atoms with E-state index in [1.807, 2.05) is 18.7 Å². The minimum absolute atomic E-state index is 0. The molecule has 2 heterocycles. The quantitative estimate of drug-likeness (QED) is 0.339. The maximum atomic E-state index is 12.1. The van der Waals surface area contributed by atoms with Crippen molar-refractivity contribution in [1.82, 2.24) is 20.4 Å². The van der Waals surface area contributed by atoms with Gasteiger partial charge in [0, 0.05) is 51.2 Å². The molecule has 0 aromatic heterocycles. The molecule has 2 saturated heterocycles. The number of piperidine rings is 1. The second-order valence-electron chi connectivity index (χ2n) is 8.54. The molecule has 0 spiro atoms. The van der Waals surface area contributed by atoms with Crippen molar-refractivity contribution >= 4 is 35.8 Å². The van der Waals surface area contributed by atoms with Crippen LogP contribution in [0.4, 0.5) is 0 Å². The number of guanidine groups is 1. The fraction of sp³-hybridized carbons (Fsp3) is 0.900. The Morgan fingerprint density at radius 2 is 1.85 bits per heavy atom. The van der Waals surface area contributed by atoms with Gasteiger partial charge in [0.05, 0.1) is 6.54 Å². The van der Waals surface area contributed by atoms with Gasteiger partial charge in [-0.05, 0) is 31.6 Å². The molecule has 2 rings (SSSR count). The minimum Gasteiger partial charge on any atom is -0.357 e. The summed E-state index contributed by atoms with van der Waals surface area (Å²) in [4.78, 5) is 21.4. The Labute approximate surface area is 182 Å².